The molecule has 0 aromatic rings. The summed E-state index contributed by atoms with van der Waals surface area (Å²) in [5, 5.41) is 3.36. The molecule has 0 saturated carbocycles. The minimum atomic E-state index is -4.14. The Labute approximate surface area is 112 Å². The fourth-order valence-corrected chi connectivity index (χ4v) is 1.88. The van der Waals surface area contributed by atoms with Crippen molar-refractivity contribution in [3.63, 3.8) is 0 Å². The summed E-state index contributed by atoms with van der Waals surface area (Å²) in [6, 6.07) is 0. The van der Waals surface area contributed by atoms with Crippen LogP contribution in [0.2, 0.25) is 0 Å². The largest absolute Gasteiger partial charge is 0.391 e. The van der Waals surface area contributed by atoms with Gasteiger partial charge in [-0.2, -0.15) is 13.2 Å². The molecular formula is C13H24F3NO2. The molecule has 0 radical (unpaired) electrons. The summed E-state index contributed by atoms with van der Waals surface area (Å²) in [4.78, 5) is 0. The lowest BCUT2D eigenvalue weighted by molar-refractivity contribution is -0.147. The van der Waals surface area contributed by atoms with Crippen LogP contribution < -0.4 is 5.32 Å². The molecule has 3 nitrogen and oxygen atoms in total. The van der Waals surface area contributed by atoms with Gasteiger partial charge in [-0.15, -0.1) is 0 Å². The molecule has 0 aromatic carbocycles. The van der Waals surface area contributed by atoms with Gasteiger partial charge in [0.25, 0.3) is 0 Å². The molecule has 114 valence electrons. The van der Waals surface area contributed by atoms with E-state index in [0.29, 0.717) is 0 Å². The third-order valence-corrected chi connectivity index (χ3v) is 2.89. The lowest BCUT2D eigenvalue weighted by Gasteiger charge is -2.23. The van der Waals surface area contributed by atoms with Crippen LogP contribution in [0.15, 0.2) is 0 Å². The van der Waals surface area contributed by atoms with Gasteiger partial charge < -0.3 is 14.8 Å². The van der Waals surface area contributed by atoms with Gasteiger partial charge in [-0.25, -0.2) is 0 Å². The summed E-state index contributed by atoms with van der Waals surface area (Å²) < 4.78 is 46.5. The van der Waals surface area contributed by atoms with Crippen LogP contribution in [0.3, 0.4) is 0 Å². The first-order valence-corrected chi connectivity index (χ1v) is 6.71. The average molecular weight is 283 g/mol. The van der Waals surface area contributed by atoms with E-state index in [1.54, 1.807) is 0 Å². The zero-order chi connectivity index (χ0) is 14.5. The van der Waals surface area contributed by atoms with Crippen LogP contribution in [0.4, 0.5) is 13.2 Å². The van der Waals surface area contributed by atoms with Crippen LogP contribution in [0.5, 0.6) is 0 Å². The summed E-state index contributed by atoms with van der Waals surface area (Å²) >= 11 is 0. The Balaban J connectivity index is 2.08. The third kappa shape index (κ3) is 8.44. The Hall–Kier alpha value is -0.330. The Morgan fingerprint density at radius 1 is 1.16 bits per heavy atom. The molecule has 0 amide bonds. The normalized spacial score (nSPS) is 24.9. The van der Waals surface area contributed by atoms with Gasteiger partial charge in [-0.3, -0.25) is 0 Å². The van der Waals surface area contributed by atoms with Crippen LogP contribution >= 0.6 is 0 Å². The standard InChI is InChI=1S/C13H24F3NO2/c1-12(2,3)17-8-10-4-5-11(19-10)9-18-7-6-13(14,15)16/h10-11,17H,4-9H2,1-3H3. The van der Waals surface area contributed by atoms with Gasteiger partial charge in [0.15, 0.2) is 0 Å². The smallest absolute Gasteiger partial charge is 0.378 e. The van der Waals surface area contributed by atoms with E-state index >= 15 is 0 Å². The number of nitrogens with one attached hydrogen (secondary N) is 1. The molecule has 0 aromatic heterocycles. The average Bonchev–Trinajstić information content (AvgIpc) is 2.67. The number of rotatable bonds is 6. The van der Waals surface area contributed by atoms with Gasteiger partial charge in [0.2, 0.25) is 0 Å². The molecule has 0 spiro atoms. The van der Waals surface area contributed by atoms with Crippen LogP contribution in [0.25, 0.3) is 0 Å². The molecular weight excluding hydrogens is 259 g/mol. The molecule has 1 saturated heterocycles. The van der Waals surface area contributed by atoms with Crippen LogP contribution in [0.1, 0.15) is 40.0 Å². The molecule has 2 unspecified atom stereocenters. The van der Waals surface area contributed by atoms with Crippen molar-refractivity contribution in [3.8, 4) is 0 Å². The molecule has 1 aliphatic rings. The van der Waals surface area contributed by atoms with Crippen molar-refractivity contribution in [1.82, 2.24) is 5.32 Å². The first kappa shape index (κ1) is 16.7. The molecule has 0 bridgehead atoms. The molecule has 1 rings (SSSR count). The summed E-state index contributed by atoms with van der Waals surface area (Å²) in [5.41, 5.74) is 0.0463. The third-order valence-electron chi connectivity index (χ3n) is 2.89. The molecule has 19 heavy (non-hydrogen) atoms. The second kappa shape index (κ2) is 6.90. The molecule has 1 N–H and O–H groups in total. The van der Waals surface area contributed by atoms with E-state index in [1.165, 1.54) is 0 Å². The quantitative estimate of drug-likeness (QED) is 0.760. The SMILES string of the molecule is CC(C)(C)NCC1CCC(COCCC(F)(F)F)O1. The van der Waals surface area contributed by atoms with E-state index in [9.17, 15) is 13.2 Å². The summed E-state index contributed by atoms with van der Waals surface area (Å²) in [6.45, 7) is 6.98. The maximum absolute atomic E-state index is 11.9. The van der Waals surface area contributed by atoms with Crippen molar-refractivity contribution in [3.05, 3.63) is 0 Å². The molecule has 1 fully saturated rings. The number of ether oxygens (including phenoxy) is 2. The zero-order valence-electron chi connectivity index (χ0n) is 11.8. The second-order valence-electron chi connectivity index (χ2n) is 6.03. The van der Waals surface area contributed by atoms with Gasteiger partial charge >= 0.3 is 6.18 Å². The van der Waals surface area contributed by atoms with Gasteiger partial charge in [0.05, 0.1) is 31.8 Å². The van der Waals surface area contributed by atoms with Crippen molar-refractivity contribution in [2.45, 2.75) is 64.0 Å². The minimum absolute atomic E-state index is 0.0463. The Morgan fingerprint density at radius 3 is 2.37 bits per heavy atom. The monoisotopic (exact) mass is 283 g/mol. The van der Waals surface area contributed by atoms with Crippen LogP contribution in [0, 0.1) is 0 Å². The highest BCUT2D eigenvalue weighted by molar-refractivity contribution is 4.79. The van der Waals surface area contributed by atoms with Crippen molar-refractivity contribution in [2.24, 2.45) is 0 Å². The predicted molar refractivity (Wildman–Crippen MR) is 67.1 cm³/mol. The fourth-order valence-electron chi connectivity index (χ4n) is 1.88. The summed E-state index contributed by atoms with van der Waals surface area (Å²) in [5.74, 6) is 0. The maximum atomic E-state index is 11.9. The number of halogens is 3. The molecule has 1 heterocycles. The molecule has 2 atom stereocenters. The molecule has 0 aliphatic carbocycles. The van der Waals surface area contributed by atoms with Crippen molar-refractivity contribution in [2.75, 3.05) is 19.8 Å². The number of hydrogen-bond donors (Lipinski definition) is 1. The first-order valence-electron chi connectivity index (χ1n) is 6.71. The van der Waals surface area contributed by atoms with Gasteiger partial charge in [-0.1, -0.05) is 0 Å². The van der Waals surface area contributed by atoms with E-state index < -0.39 is 12.6 Å². The highest BCUT2D eigenvalue weighted by Crippen LogP contribution is 2.22. The lowest BCUT2D eigenvalue weighted by Crippen LogP contribution is -2.41. The topological polar surface area (TPSA) is 30.5 Å². The van der Waals surface area contributed by atoms with E-state index in [-0.39, 0.29) is 31.0 Å². The van der Waals surface area contributed by atoms with Crippen LogP contribution in [-0.2, 0) is 9.47 Å². The van der Waals surface area contributed by atoms with Crippen molar-refractivity contribution < 1.29 is 22.6 Å². The first-order chi connectivity index (χ1) is 8.66. The number of hydrogen-bond acceptors (Lipinski definition) is 3. The van der Waals surface area contributed by atoms with Crippen LogP contribution in [-0.4, -0.2) is 43.7 Å². The van der Waals surface area contributed by atoms with E-state index in [0.717, 1.165) is 19.4 Å². The van der Waals surface area contributed by atoms with Crippen molar-refractivity contribution >= 4 is 0 Å². The van der Waals surface area contributed by atoms with Gasteiger partial charge in [-0.05, 0) is 33.6 Å². The maximum Gasteiger partial charge on any atom is 0.391 e. The molecule has 1 aliphatic heterocycles. The lowest BCUT2D eigenvalue weighted by atomic mass is 10.1. The molecule has 6 heteroatoms. The highest BCUT2D eigenvalue weighted by Gasteiger charge is 2.28. The Bertz CT molecular complexity index is 264. The number of alkyl halides is 3. The van der Waals surface area contributed by atoms with E-state index in [4.69, 9.17) is 9.47 Å². The summed E-state index contributed by atoms with van der Waals surface area (Å²) in [7, 11) is 0. The van der Waals surface area contributed by atoms with Gasteiger partial charge in [0.1, 0.15) is 0 Å². The Kier molecular flexibility index (Phi) is 6.08. The highest BCUT2D eigenvalue weighted by atomic mass is 19.4. The van der Waals surface area contributed by atoms with E-state index in [1.807, 2.05) is 0 Å². The van der Waals surface area contributed by atoms with Gasteiger partial charge in [0, 0.05) is 12.1 Å². The minimum Gasteiger partial charge on any atom is -0.378 e. The van der Waals surface area contributed by atoms with E-state index in [2.05, 4.69) is 26.1 Å². The zero-order valence-corrected chi connectivity index (χ0v) is 11.8. The Morgan fingerprint density at radius 2 is 1.79 bits per heavy atom. The second-order valence-corrected chi connectivity index (χ2v) is 6.03. The summed E-state index contributed by atoms with van der Waals surface area (Å²) in [6.07, 6.45) is -3.20. The predicted octanol–water partition coefficient (Wildman–Crippen LogP) is 2.89. The van der Waals surface area contributed by atoms with Crippen molar-refractivity contribution in [1.29, 1.82) is 0 Å². The fraction of sp³-hybridized carbons (Fsp3) is 1.00.